The highest BCUT2D eigenvalue weighted by molar-refractivity contribution is 5.92. The summed E-state index contributed by atoms with van der Waals surface area (Å²) < 4.78 is 70.3. The number of alkyl halides is 4. The number of hydrogen-bond acceptors (Lipinski definition) is 4. The summed E-state index contributed by atoms with van der Waals surface area (Å²) in [6.45, 7) is 2.89. The fraction of sp³-hybridized carbons (Fsp3) is 0.409. The van der Waals surface area contributed by atoms with Crippen LogP contribution in [0.3, 0.4) is 0 Å². The first-order valence-electron chi connectivity index (χ1n) is 10.2. The Morgan fingerprint density at radius 2 is 1.73 bits per heavy atom. The Morgan fingerprint density at radius 3 is 2.30 bits per heavy atom. The van der Waals surface area contributed by atoms with Crippen LogP contribution in [-0.2, 0) is 12.6 Å². The zero-order chi connectivity index (χ0) is 24.2. The Hall–Kier alpha value is -3.24. The lowest BCUT2D eigenvalue weighted by atomic mass is 10.0. The van der Waals surface area contributed by atoms with E-state index in [1.807, 2.05) is 0 Å². The van der Waals surface area contributed by atoms with Crippen LogP contribution in [0, 0.1) is 12.7 Å². The molecule has 3 aromatic rings. The van der Waals surface area contributed by atoms with Gasteiger partial charge in [-0.25, -0.2) is 26.6 Å². The van der Waals surface area contributed by atoms with Crippen molar-refractivity contribution in [3.05, 3.63) is 67.6 Å². The largest absolute Gasteiger partial charge is 0.361 e. The number of nitrogens with zero attached hydrogens (tertiary/aromatic N) is 3. The lowest BCUT2D eigenvalue weighted by molar-refractivity contribution is 0.0653. The molecule has 11 heteroatoms. The average molecular weight is 468 g/mol. The normalized spacial score (nSPS) is 15.9. The Bertz CT molecular complexity index is 1360. The molecule has 1 aromatic carbocycles. The zero-order valence-corrected chi connectivity index (χ0v) is 18.0. The van der Waals surface area contributed by atoms with E-state index >= 15 is 0 Å². The summed E-state index contributed by atoms with van der Waals surface area (Å²) in [6, 6.07) is 2.74. The molecular formula is C22H21F5N4O2. The number of halogens is 5. The molecule has 6 nitrogen and oxygen atoms in total. The summed E-state index contributed by atoms with van der Waals surface area (Å²) in [6.07, 6.45) is -4.39. The molecule has 176 valence electrons. The molecule has 0 unspecified atom stereocenters. The summed E-state index contributed by atoms with van der Waals surface area (Å²) in [5.41, 5.74) is -3.76. The third-order valence-electron chi connectivity index (χ3n) is 6.22. The van der Waals surface area contributed by atoms with Crippen LogP contribution < -0.4 is 16.4 Å². The van der Waals surface area contributed by atoms with Gasteiger partial charge in [0, 0.05) is 29.8 Å². The van der Waals surface area contributed by atoms with E-state index in [0.717, 1.165) is 15.3 Å². The van der Waals surface area contributed by atoms with E-state index in [-0.39, 0.29) is 40.6 Å². The molecule has 2 heterocycles. The predicted octanol–water partition coefficient (Wildman–Crippen LogP) is 4.41. The molecule has 0 saturated heterocycles. The Labute approximate surface area is 184 Å². The smallest absolute Gasteiger partial charge is 0.275 e. The number of hydrogen-bond donors (Lipinski definition) is 1. The number of benzene rings is 1. The lowest BCUT2D eigenvalue weighted by Gasteiger charge is -2.22. The Morgan fingerprint density at radius 1 is 1.09 bits per heavy atom. The third-order valence-corrected chi connectivity index (χ3v) is 6.22. The van der Waals surface area contributed by atoms with Crippen molar-refractivity contribution in [3.63, 3.8) is 0 Å². The summed E-state index contributed by atoms with van der Waals surface area (Å²) in [4.78, 5) is 25.6. The van der Waals surface area contributed by atoms with Crippen LogP contribution in [0.15, 0.2) is 34.0 Å². The second-order valence-electron chi connectivity index (χ2n) is 8.32. The molecule has 0 bridgehead atoms. The molecular weight excluding hydrogens is 447 g/mol. The molecule has 1 aliphatic carbocycles. The van der Waals surface area contributed by atoms with E-state index in [2.05, 4.69) is 10.4 Å². The van der Waals surface area contributed by atoms with Crippen LogP contribution in [0.4, 0.5) is 27.8 Å². The molecule has 2 aromatic heterocycles. The number of rotatable bonds is 6. The van der Waals surface area contributed by atoms with Crippen LogP contribution in [-0.4, -0.2) is 20.8 Å². The molecule has 1 atom stereocenters. The first-order valence-corrected chi connectivity index (χ1v) is 10.2. The second-order valence-corrected chi connectivity index (χ2v) is 8.32. The number of anilines is 1. The highest BCUT2D eigenvalue weighted by atomic mass is 19.3. The molecule has 0 radical (unpaired) electrons. The highest BCUT2D eigenvalue weighted by Crippen LogP contribution is 2.48. The minimum absolute atomic E-state index is 0.00433. The maximum atomic E-state index is 14.6. The zero-order valence-electron chi connectivity index (χ0n) is 18.0. The number of fused-ring (bicyclic) bond motifs is 1. The monoisotopic (exact) mass is 468 g/mol. The number of aryl methyl sites for hydroxylation is 2. The van der Waals surface area contributed by atoms with Gasteiger partial charge in [0.05, 0.1) is 17.0 Å². The molecule has 0 spiro atoms. The maximum Gasteiger partial charge on any atom is 0.275 e. The molecule has 1 aliphatic rings. The van der Waals surface area contributed by atoms with E-state index < -0.39 is 46.9 Å². The molecule has 0 aliphatic heterocycles. The second kappa shape index (κ2) is 7.96. The van der Waals surface area contributed by atoms with Gasteiger partial charge in [0.25, 0.3) is 24.0 Å². The summed E-state index contributed by atoms with van der Waals surface area (Å²) in [7, 11) is 1.35. The minimum Gasteiger partial charge on any atom is -0.361 e. The molecule has 1 N–H and O–H groups in total. The summed E-state index contributed by atoms with van der Waals surface area (Å²) in [5, 5.41) is 7.13. The van der Waals surface area contributed by atoms with Crippen molar-refractivity contribution in [1.82, 2.24) is 14.3 Å². The van der Waals surface area contributed by atoms with Crippen molar-refractivity contribution < 1.29 is 22.0 Å². The first-order chi connectivity index (χ1) is 15.5. The van der Waals surface area contributed by atoms with Gasteiger partial charge in [-0.2, -0.15) is 5.10 Å². The standard InChI is InChI=1S/C22H21F5N4O2/c1-10-15-14(9-31(19(10)32)22(7-8-22)21(26)27)18(29-30(3)20(15)33)28-11(2)12-5-4-6-13(16(12)23)17(24)25/h4-6,9,11,17,21H,7-8H2,1-3H3,(H,28,29)/t11-/m1/s1. The van der Waals surface area contributed by atoms with Gasteiger partial charge < -0.3 is 9.88 Å². The molecule has 4 rings (SSSR count). The van der Waals surface area contributed by atoms with Gasteiger partial charge in [-0.15, -0.1) is 0 Å². The van der Waals surface area contributed by atoms with Gasteiger partial charge >= 0.3 is 0 Å². The van der Waals surface area contributed by atoms with Crippen molar-refractivity contribution >= 4 is 16.6 Å². The SMILES string of the molecule is Cc1c(=O)n(C2(C(F)F)CC2)cc2c(N[C@H](C)c3cccc(C(F)F)c3F)nn(C)c(=O)c12. The quantitative estimate of drug-likeness (QED) is 0.545. The van der Waals surface area contributed by atoms with Crippen LogP contribution in [0.2, 0.25) is 0 Å². The average Bonchev–Trinajstić information content (AvgIpc) is 3.55. The molecule has 0 amide bonds. The third kappa shape index (κ3) is 3.59. The van der Waals surface area contributed by atoms with Gasteiger partial charge in [0.1, 0.15) is 11.4 Å². The Balaban J connectivity index is 1.89. The van der Waals surface area contributed by atoms with Crippen molar-refractivity contribution in [2.24, 2.45) is 7.05 Å². The van der Waals surface area contributed by atoms with E-state index in [1.165, 1.54) is 39.2 Å². The van der Waals surface area contributed by atoms with Gasteiger partial charge in [0.15, 0.2) is 5.82 Å². The van der Waals surface area contributed by atoms with Crippen LogP contribution in [0.5, 0.6) is 0 Å². The number of pyridine rings is 1. The van der Waals surface area contributed by atoms with E-state index in [1.54, 1.807) is 0 Å². The van der Waals surface area contributed by atoms with E-state index in [9.17, 15) is 31.5 Å². The molecule has 1 saturated carbocycles. The summed E-state index contributed by atoms with van der Waals surface area (Å²) in [5.74, 6) is -1.05. The van der Waals surface area contributed by atoms with Crippen LogP contribution in [0.25, 0.3) is 10.8 Å². The van der Waals surface area contributed by atoms with Crippen LogP contribution >= 0.6 is 0 Å². The van der Waals surface area contributed by atoms with E-state index in [4.69, 9.17) is 0 Å². The van der Waals surface area contributed by atoms with Crippen molar-refractivity contribution in [2.75, 3.05) is 5.32 Å². The number of aromatic nitrogens is 3. The highest BCUT2D eigenvalue weighted by Gasteiger charge is 2.53. The van der Waals surface area contributed by atoms with Gasteiger partial charge in [0.2, 0.25) is 0 Å². The lowest BCUT2D eigenvalue weighted by Crippen LogP contribution is -2.37. The van der Waals surface area contributed by atoms with Gasteiger partial charge in [-0.3, -0.25) is 9.59 Å². The van der Waals surface area contributed by atoms with E-state index in [0.29, 0.717) is 0 Å². The van der Waals surface area contributed by atoms with Crippen molar-refractivity contribution in [3.8, 4) is 0 Å². The minimum atomic E-state index is -3.00. The Kier molecular flexibility index (Phi) is 5.53. The summed E-state index contributed by atoms with van der Waals surface area (Å²) >= 11 is 0. The van der Waals surface area contributed by atoms with Gasteiger partial charge in [-0.1, -0.05) is 18.2 Å². The molecule has 33 heavy (non-hydrogen) atoms. The fourth-order valence-electron chi connectivity index (χ4n) is 4.09. The predicted molar refractivity (Wildman–Crippen MR) is 113 cm³/mol. The van der Waals surface area contributed by atoms with Crippen LogP contribution in [0.1, 0.15) is 48.9 Å². The molecule has 1 fully saturated rings. The van der Waals surface area contributed by atoms with Gasteiger partial charge in [-0.05, 0) is 26.7 Å². The van der Waals surface area contributed by atoms with Crippen molar-refractivity contribution in [2.45, 2.75) is 51.1 Å². The first kappa shape index (κ1) is 22.9. The fourth-order valence-corrected chi connectivity index (χ4v) is 4.09. The number of nitrogens with one attached hydrogen (secondary N) is 1. The van der Waals surface area contributed by atoms with Crippen molar-refractivity contribution in [1.29, 1.82) is 0 Å². The topological polar surface area (TPSA) is 68.9 Å². The maximum absolute atomic E-state index is 14.6.